The molecule has 0 unspecified atom stereocenters. The first kappa shape index (κ1) is 14.4. The lowest BCUT2D eigenvalue weighted by atomic mass is 9.81. The number of aliphatic carboxylic acids is 1. The number of hydrogen-bond donors (Lipinski definition) is 2. The molecule has 2 saturated carbocycles. The first-order chi connectivity index (χ1) is 9.01. The van der Waals surface area contributed by atoms with Crippen LogP contribution in [0.25, 0.3) is 0 Å². The molecule has 0 heterocycles. The zero-order valence-electron chi connectivity index (χ0n) is 11.8. The van der Waals surface area contributed by atoms with Crippen LogP contribution in [0.2, 0.25) is 0 Å². The van der Waals surface area contributed by atoms with Crippen molar-refractivity contribution in [2.24, 2.45) is 11.3 Å². The van der Waals surface area contributed by atoms with Gasteiger partial charge in [-0.25, -0.2) is 0 Å². The third kappa shape index (κ3) is 3.48. The molecule has 0 spiro atoms. The summed E-state index contributed by atoms with van der Waals surface area (Å²) in [6, 6.07) is 0.0636. The summed E-state index contributed by atoms with van der Waals surface area (Å²) in [4.78, 5) is 23.4. The summed E-state index contributed by atoms with van der Waals surface area (Å²) in [7, 11) is 0. The number of carboxylic acids is 1. The van der Waals surface area contributed by atoms with Crippen molar-refractivity contribution in [3.8, 4) is 0 Å². The highest BCUT2D eigenvalue weighted by Gasteiger charge is 2.37. The van der Waals surface area contributed by atoms with Crippen LogP contribution in [0.4, 0.5) is 0 Å². The topological polar surface area (TPSA) is 66.4 Å². The van der Waals surface area contributed by atoms with Gasteiger partial charge in [0.2, 0.25) is 5.91 Å². The van der Waals surface area contributed by atoms with Crippen LogP contribution in [0.5, 0.6) is 0 Å². The van der Waals surface area contributed by atoms with Crippen molar-refractivity contribution < 1.29 is 14.7 Å². The molecule has 1 amide bonds. The fourth-order valence-electron chi connectivity index (χ4n) is 3.43. The molecule has 0 aromatic heterocycles. The molecule has 0 radical (unpaired) electrons. The van der Waals surface area contributed by atoms with Crippen LogP contribution in [0.15, 0.2) is 0 Å². The molecule has 4 nitrogen and oxygen atoms in total. The molecule has 0 aromatic carbocycles. The maximum absolute atomic E-state index is 12.4. The Hall–Kier alpha value is -1.06. The van der Waals surface area contributed by atoms with E-state index in [4.69, 9.17) is 5.11 Å². The zero-order valence-corrected chi connectivity index (χ0v) is 11.8. The van der Waals surface area contributed by atoms with Crippen LogP contribution in [0.3, 0.4) is 0 Å². The van der Waals surface area contributed by atoms with Gasteiger partial charge in [0, 0.05) is 11.5 Å². The van der Waals surface area contributed by atoms with E-state index in [0.717, 1.165) is 32.1 Å². The van der Waals surface area contributed by atoms with Gasteiger partial charge in [0.05, 0.1) is 5.92 Å². The number of carboxylic acid groups (broad SMARTS) is 1. The predicted molar refractivity (Wildman–Crippen MR) is 72.7 cm³/mol. The van der Waals surface area contributed by atoms with Gasteiger partial charge >= 0.3 is 5.97 Å². The van der Waals surface area contributed by atoms with Crippen molar-refractivity contribution in [1.29, 1.82) is 0 Å². The number of hydrogen-bond acceptors (Lipinski definition) is 2. The van der Waals surface area contributed by atoms with Gasteiger partial charge < -0.3 is 10.4 Å². The molecule has 108 valence electrons. The number of carbonyl (C=O) groups is 2. The SMILES string of the molecule is CC1(C(=O)N[C@@H]2CC[C@H](C(=O)O)C2)CCCCCC1. The van der Waals surface area contributed by atoms with E-state index in [1.807, 2.05) is 0 Å². The molecule has 2 atom stereocenters. The third-order valence-electron chi connectivity index (χ3n) is 4.87. The third-order valence-corrected chi connectivity index (χ3v) is 4.87. The van der Waals surface area contributed by atoms with Crippen molar-refractivity contribution in [1.82, 2.24) is 5.32 Å². The van der Waals surface area contributed by atoms with E-state index in [1.54, 1.807) is 0 Å². The van der Waals surface area contributed by atoms with E-state index in [1.165, 1.54) is 12.8 Å². The van der Waals surface area contributed by atoms with E-state index in [0.29, 0.717) is 12.8 Å². The molecular weight excluding hydrogens is 242 g/mol. The van der Waals surface area contributed by atoms with Crippen LogP contribution in [0.1, 0.15) is 64.7 Å². The van der Waals surface area contributed by atoms with Crippen molar-refractivity contribution in [2.45, 2.75) is 70.8 Å². The second-order valence-corrected chi connectivity index (χ2v) is 6.49. The summed E-state index contributed by atoms with van der Waals surface area (Å²) in [6.07, 6.45) is 8.74. The lowest BCUT2D eigenvalue weighted by Gasteiger charge is -2.28. The Morgan fingerprint density at radius 2 is 1.74 bits per heavy atom. The maximum Gasteiger partial charge on any atom is 0.306 e. The summed E-state index contributed by atoms with van der Waals surface area (Å²) in [5, 5.41) is 12.1. The van der Waals surface area contributed by atoms with Gasteiger partial charge in [0.15, 0.2) is 0 Å². The first-order valence-electron chi connectivity index (χ1n) is 7.55. The van der Waals surface area contributed by atoms with Gasteiger partial charge in [-0.3, -0.25) is 9.59 Å². The Balaban J connectivity index is 1.88. The molecule has 2 rings (SSSR count). The Morgan fingerprint density at radius 3 is 2.26 bits per heavy atom. The quantitative estimate of drug-likeness (QED) is 0.773. The molecule has 0 saturated heterocycles. The lowest BCUT2D eigenvalue weighted by molar-refractivity contribution is -0.141. The average molecular weight is 267 g/mol. The van der Waals surface area contributed by atoms with E-state index in [2.05, 4.69) is 12.2 Å². The summed E-state index contributed by atoms with van der Waals surface area (Å²) < 4.78 is 0. The predicted octanol–water partition coefficient (Wildman–Crippen LogP) is 2.72. The summed E-state index contributed by atoms with van der Waals surface area (Å²) in [5.41, 5.74) is -0.238. The molecule has 2 fully saturated rings. The summed E-state index contributed by atoms with van der Waals surface area (Å²) in [6.45, 7) is 2.07. The minimum absolute atomic E-state index is 0.0636. The molecule has 19 heavy (non-hydrogen) atoms. The van der Waals surface area contributed by atoms with Crippen LogP contribution < -0.4 is 5.32 Å². The largest absolute Gasteiger partial charge is 0.481 e. The zero-order chi connectivity index (χ0) is 13.9. The van der Waals surface area contributed by atoms with E-state index < -0.39 is 5.97 Å². The van der Waals surface area contributed by atoms with E-state index >= 15 is 0 Å². The minimum atomic E-state index is -0.725. The molecule has 2 aliphatic carbocycles. The van der Waals surface area contributed by atoms with Crippen LogP contribution in [0, 0.1) is 11.3 Å². The van der Waals surface area contributed by atoms with Crippen molar-refractivity contribution in [2.75, 3.05) is 0 Å². The minimum Gasteiger partial charge on any atom is -0.481 e. The standard InChI is InChI=1S/C15H25NO3/c1-15(8-4-2-3-5-9-15)14(19)16-12-7-6-11(10-12)13(17)18/h11-12H,2-10H2,1H3,(H,16,19)(H,17,18)/t11-,12+/m0/s1. The Kier molecular flexibility index (Phi) is 4.48. The Morgan fingerprint density at radius 1 is 1.11 bits per heavy atom. The van der Waals surface area contributed by atoms with Gasteiger partial charge in [-0.1, -0.05) is 32.6 Å². The highest BCUT2D eigenvalue weighted by atomic mass is 16.4. The summed E-state index contributed by atoms with van der Waals surface area (Å²) in [5.74, 6) is -0.852. The molecule has 2 N–H and O–H groups in total. The highest BCUT2D eigenvalue weighted by molar-refractivity contribution is 5.82. The number of amides is 1. The Labute approximate surface area is 115 Å². The van der Waals surface area contributed by atoms with Crippen LogP contribution >= 0.6 is 0 Å². The second kappa shape index (κ2) is 5.93. The van der Waals surface area contributed by atoms with Gasteiger partial charge in [0.1, 0.15) is 0 Å². The van der Waals surface area contributed by atoms with E-state index in [9.17, 15) is 9.59 Å². The maximum atomic E-state index is 12.4. The van der Waals surface area contributed by atoms with Crippen molar-refractivity contribution >= 4 is 11.9 Å². The highest BCUT2D eigenvalue weighted by Crippen LogP contribution is 2.35. The second-order valence-electron chi connectivity index (χ2n) is 6.49. The molecule has 0 aromatic rings. The van der Waals surface area contributed by atoms with Crippen LogP contribution in [-0.2, 0) is 9.59 Å². The first-order valence-corrected chi connectivity index (χ1v) is 7.55. The molecule has 2 aliphatic rings. The van der Waals surface area contributed by atoms with Gasteiger partial charge in [-0.05, 0) is 32.1 Å². The Bertz CT molecular complexity index is 345. The van der Waals surface area contributed by atoms with E-state index in [-0.39, 0.29) is 23.3 Å². The smallest absolute Gasteiger partial charge is 0.306 e. The molecule has 0 aliphatic heterocycles. The van der Waals surface area contributed by atoms with Gasteiger partial charge in [-0.15, -0.1) is 0 Å². The molecule has 4 heteroatoms. The number of rotatable bonds is 3. The van der Waals surface area contributed by atoms with Crippen LogP contribution in [-0.4, -0.2) is 23.0 Å². The van der Waals surface area contributed by atoms with Gasteiger partial charge in [0.25, 0.3) is 0 Å². The van der Waals surface area contributed by atoms with Crippen molar-refractivity contribution in [3.05, 3.63) is 0 Å². The molecular formula is C15H25NO3. The monoisotopic (exact) mass is 267 g/mol. The normalized spacial score (nSPS) is 30.6. The fraction of sp³-hybridized carbons (Fsp3) is 0.867. The lowest BCUT2D eigenvalue weighted by Crippen LogP contribution is -2.43. The average Bonchev–Trinajstić information content (AvgIpc) is 2.71. The summed E-state index contributed by atoms with van der Waals surface area (Å²) >= 11 is 0. The number of carbonyl (C=O) groups excluding carboxylic acids is 1. The van der Waals surface area contributed by atoms with Crippen molar-refractivity contribution in [3.63, 3.8) is 0 Å². The van der Waals surface area contributed by atoms with Gasteiger partial charge in [-0.2, -0.15) is 0 Å². The fourth-order valence-corrected chi connectivity index (χ4v) is 3.43. The number of nitrogens with one attached hydrogen (secondary N) is 1. The molecule has 0 bridgehead atoms.